The summed E-state index contributed by atoms with van der Waals surface area (Å²) in [6.07, 6.45) is 3.16. The van der Waals surface area contributed by atoms with Crippen LogP contribution in [0, 0.1) is 0 Å². The fourth-order valence-corrected chi connectivity index (χ4v) is 3.21. The topological polar surface area (TPSA) is 96.7 Å². The van der Waals surface area contributed by atoms with Crippen molar-refractivity contribution in [1.82, 2.24) is 10.3 Å². The van der Waals surface area contributed by atoms with Crippen LogP contribution in [0.5, 0.6) is 0 Å². The second kappa shape index (κ2) is 9.23. The summed E-state index contributed by atoms with van der Waals surface area (Å²) in [5.74, 6) is -0.0392. The Morgan fingerprint density at radius 3 is 2.67 bits per heavy atom. The molecule has 1 aliphatic heterocycles. The number of anilines is 2. The molecule has 1 aliphatic rings. The minimum absolute atomic E-state index is 0.261. The number of ether oxygens (including phenoxy) is 1. The number of carbonyl (C=O) groups excluding carboxylic acids is 2. The van der Waals surface area contributed by atoms with E-state index in [4.69, 9.17) is 9.15 Å². The quantitative estimate of drug-likeness (QED) is 0.653. The molecule has 1 saturated heterocycles. The lowest BCUT2D eigenvalue weighted by Crippen LogP contribution is -2.36. The number of pyridine rings is 1. The fourth-order valence-electron chi connectivity index (χ4n) is 3.21. The highest BCUT2D eigenvalue weighted by molar-refractivity contribution is 6.08. The first kappa shape index (κ1) is 19.7. The SMILES string of the molecule is O=C(Nc1ccccc1C(=O)NCc1ccco1)c1cc(N2CCOCC2)ccn1. The summed E-state index contributed by atoms with van der Waals surface area (Å²) in [6.45, 7) is 3.11. The van der Waals surface area contributed by atoms with Crippen LogP contribution in [0.2, 0.25) is 0 Å². The van der Waals surface area contributed by atoms with Gasteiger partial charge in [-0.2, -0.15) is 0 Å². The van der Waals surface area contributed by atoms with E-state index in [9.17, 15) is 9.59 Å². The van der Waals surface area contributed by atoms with Crippen LogP contribution >= 0.6 is 0 Å². The molecule has 0 radical (unpaired) electrons. The van der Waals surface area contributed by atoms with Crippen molar-refractivity contribution in [3.05, 3.63) is 78.0 Å². The summed E-state index contributed by atoms with van der Waals surface area (Å²) in [4.78, 5) is 31.7. The molecule has 2 N–H and O–H groups in total. The Kier molecular flexibility index (Phi) is 6.05. The zero-order valence-corrected chi connectivity index (χ0v) is 16.3. The van der Waals surface area contributed by atoms with Crippen molar-refractivity contribution in [2.45, 2.75) is 6.54 Å². The Balaban J connectivity index is 1.46. The van der Waals surface area contributed by atoms with Crippen molar-refractivity contribution in [2.75, 3.05) is 36.5 Å². The third kappa shape index (κ3) is 4.66. The van der Waals surface area contributed by atoms with Crippen LogP contribution < -0.4 is 15.5 Å². The first-order chi connectivity index (χ1) is 14.7. The van der Waals surface area contributed by atoms with Gasteiger partial charge in [0.25, 0.3) is 11.8 Å². The molecule has 3 heterocycles. The number of hydrogen-bond donors (Lipinski definition) is 2. The van der Waals surface area contributed by atoms with E-state index in [0.717, 1.165) is 18.8 Å². The molecule has 8 nitrogen and oxygen atoms in total. The van der Waals surface area contributed by atoms with Gasteiger partial charge in [-0.15, -0.1) is 0 Å². The maximum absolute atomic E-state index is 12.8. The van der Waals surface area contributed by atoms with E-state index in [-0.39, 0.29) is 24.1 Å². The summed E-state index contributed by atoms with van der Waals surface area (Å²) in [7, 11) is 0. The standard InChI is InChI=1S/C22H22N4O4/c27-21(24-15-17-4-3-11-30-17)18-5-1-2-6-19(18)25-22(28)20-14-16(7-8-23-20)26-9-12-29-13-10-26/h1-8,11,14H,9-10,12-13,15H2,(H,24,27)(H,25,28). The average molecular weight is 406 g/mol. The molecule has 1 aromatic carbocycles. The first-order valence-electron chi connectivity index (χ1n) is 9.70. The van der Waals surface area contributed by atoms with E-state index in [1.54, 1.807) is 54.9 Å². The first-order valence-corrected chi connectivity index (χ1v) is 9.70. The van der Waals surface area contributed by atoms with Crippen LogP contribution in [0.1, 0.15) is 26.6 Å². The smallest absolute Gasteiger partial charge is 0.274 e. The van der Waals surface area contributed by atoms with Crippen LogP contribution in [-0.2, 0) is 11.3 Å². The molecule has 2 amide bonds. The molecule has 0 aliphatic carbocycles. The Labute approximate surface area is 173 Å². The highest BCUT2D eigenvalue weighted by Gasteiger charge is 2.17. The van der Waals surface area contributed by atoms with Gasteiger partial charge in [-0.05, 0) is 36.4 Å². The number of amides is 2. The molecule has 3 aromatic rings. The van der Waals surface area contributed by atoms with Crippen LogP contribution in [-0.4, -0.2) is 43.1 Å². The monoisotopic (exact) mass is 406 g/mol. The summed E-state index contributed by atoms with van der Waals surface area (Å²) in [6, 6.07) is 14.0. The molecule has 1 fully saturated rings. The largest absolute Gasteiger partial charge is 0.467 e. The fraction of sp³-hybridized carbons (Fsp3) is 0.227. The summed E-state index contributed by atoms with van der Waals surface area (Å²) >= 11 is 0. The zero-order valence-electron chi connectivity index (χ0n) is 16.3. The van der Waals surface area contributed by atoms with E-state index in [0.29, 0.717) is 30.2 Å². The Morgan fingerprint density at radius 1 is 1.03 bits per heavy atom. The van der Waals surface area contributed by atoms with Crippen molar-refractivity contribution in [3.8, 4) is 0 Å². The Bertz CT molecular complexity index is 1010. The minimum atomic E-state index is -0.378. The van der Waals surface area contributed by atoms with E-state index in [1.807, 2.05) is 6.07 Å². The molecular weight excluding hydrogens is 384 g/mol. The number of carbonyl (C=O) groups is 2. The van der Waals surface area contributed by atoms with Gasteiger partial charge in [-0.25, -0.2) is 0 Å². The van der Waals surface area contributed by atoms with E-state index in [2.05, 4.69) is 20.5 Å². The number of benzene rings is 1. The second-order valence-electron chi connectivity index (χ2n) is 6.76. The normalized spacial score (nSPS) is 13.7. The van der Waals surface area contributed by atoms with Gasteiger partial charge in [0, 0.05) is 25.0 Å². The predicted molar refractivity (Wildman–Crippen MR) is 112 cm³/mol. The molecule has 154 valence electrons. The van der Waals surface area contributed by atoms with Gasteiger partial charge in [0.1, 0.15) is 11.5 Å². The third-order valence-electron chi connectivity index (χ3n) is 4.78. The molecule has 0 atom stereocenters. The van der Waals surface area contributed by atoms with Crippen molar-refractivity contribution in [2.24, 2.45) is 0 Å². The molecule has 30 heavy (non-hydrogen) atoms. The molecule has 0 saturated carbocycles. The summed E-state index contributed by atoms with van der Waals surface area (Å²) in [5, 5.41) is 5.59. The minimum Gasteiger partial charge on any atom is -0.467 e. The van der Waals surface area contributed by atoms with Crippen LogP contribution in [0.15, 0.2) is 65.4 Å². The molecule has 8 heteroatoms. The number of aromatic nitrogens is 1. The highest BCUT2D eigenvalue weighted by atomic mass is 16.5. The molecule has 0 spiro atoms. The van der Waals surface area contributed by atoms with Gasteiger partial charge in [0.2, 0.25) is 0 Å². The van der Waals surface area contributed by atoms with Crippen molar-refractivity contribution >= 4 is 23.2 Å². The number of hydrogen-bond acceptors (Lipinski definition) is 6. The van der Waals surface area contributed by atoms with Gasteiger partial charge in [0.05, 0.1) is 37.3 Å². The number of nitrogens with zero attached hydrogens (tertiary/aromatic N) is 2. The van der Waals surface area contributed by atoms with Crippen molar-refractivity contribution in [3.63, 3.8) is 0 Å². The van der Waals surface area contributed by atoms with Crippen LogP contribution in [0.3, 0.4) is 0 Å². The average Bonchev–Trinajstić information content (AvgIpc) is 3.32. The highest BCUT2D eigenvalue weighted by Crippen LogP contribution is 2.19. The van der Waals surface area contributed by atoms with E-state index in [1.165, 1.54) is 0 Å². The molecule has 4 rings (SSSR count). The molecule has 2 aromatic heterocycles. The Hall–Kier alpha value is -3.65. The lowest BCUT2D eigenvalue weighted by atomic mass is 10.1. The number of morpholine rings is 1. The third-order valence-corrected chi connectivity index (χ3v) is 4.78. The lowest BCUT2D eigenvalue weighted by Gasteiger charge is -2.28. The lowest BCUT2D eigenvalue weighted by molar-refractivity contribution is 0.0949. The van der Waals surface area contributed by atoms with Crippen molar-refractivity contribution in [1.29, 1.82) is 0 Å². The Morgan fingerprint density at radius 2 is 1.87 bits per heavy atom. The summed E-state index contributed by atoms with van der Waals surface area (Å²) in [5.41, 5.74) is 1.98. The summed E-state index contributed by atoms with van der Waals surface area (Å²) < 4.78 is 10.6. The van der Waals surface area contributed by atoms with Gasteiger partial charge >= 0.3 is 0 Å². The number of furan rings is 1. The van der Waals surface area contributed by atoms with E-state index < -0.39 is 0 Å². The second-order valence-corrected chi connectivity index (χ2v) is 6.76. The maximum atomic E-state index is 12.8. The predicted octanol–water partition coefficient (Wildman–Crippen LogP) is 2.69. The molecule has 0 unspecified atom stereocenters. The van der Waals surface area contributed by atoms with Gasteiger partial charge in [-0.1, -0.05) is 12.1 Å². The van der Waals surface area contributed by atoms with Gasteiger partial charge in [-0.3, -0.25) is 14.6 Å². The van der Waals surface area contributed by atoms with E-state index >= 15 is 0 Å². The van der Waals surface area contributed by atoms with Crippen LogP contribution in [0.25, 0.3) is 0 Å². The van der Waals surface area contributed by atoms with Gasteiger partial charge in [0.15, 0.2) is 0 Å². The van der Waals surface area contributed by atoms with Crippen LogP contribution in [0.4, 0.5) is 11.4 Å². The number of rotatable bonds is 6. The molecule has 0 bridgehead atoms. The number of nitrogens with one attached hydrogen (secondary N) is 2. The van der Waals surface area contributed by atoms with Crippen molar-refractivity contribution < 1.29 is 18.7 Å². The maximum Gasteiger partial charge on any atom is 0.274 e. The zero-order chi connectivity index (χ0) is 20.8. The number of para-hydroxylation sites is 1. The molecular formula is C22H22N4O4. The van der Waals surface area contributed by atoms with Gasteiger partial charge < -0.3 is 24.7 Å².